The van der Waals surface area contributed by atoms with Gasteiger partial charge in [-0.3, -0.25) is 4.90 Å². The van der Waals surface area contributed by atoms with Crippen LogP contribution in [0.5, 0.6) is 6.01 Å². The normalized spacial score (nSPS) is 29.1. The predicted octanol–water partition coefficient (Wildman–Crippen LogP) is 4.58. The van der Waals surface area contributed by atoms with Gasteiger partial charge in [0.15, 0.2) is 0 Å². The number of halogens is 1. The number of ether oxygens (including phenoxy) is 2. The standard InChI is InChI=1S/C34H46ClN7O3/c1-39(2)33(43)44-20-25-11-14-34(13-4-15-42(25)34)21-45-32-37-28-19-40(29-6-3-5-27(35)30(29)22-7-8-22)16-12-26(28)31(38-32)41-17-23-9-10-24(18-41)36-23/h3,5-6,22-25,36H,4,7-21H2,1-2H3/t23?,24?,25-,34?/m1/s1. The van der Waals surface area contributed by atoms with Crippen molar-refractivity contribution in [3.63, 3.8) is 0 Å². The lowest BCUT2D eigenvalue weighted by Gasteiger charge is -2.38. The van der Waals surface area contributed by atoms with Crippen molar-refractivity contribution < 1.29 is 14.3 Å². The fourth-order valence-corrected chi connectivity index (χ4v) is 9.08. The number of benzene rings is 1. The zero-order valence-electron chi connectivity index (χ0n) is 26.6. The first-order valence-electron chi connectivity index (χ1n) is 17.0. The van der Waals surface area contributed by atoms with Gasteiger partial charge in [-0.05, 0) is 87.9 Å². The number of carbonyl (C=O) groups excluding carboxylic acids is 1. The summed E-state index contributed by atoms with van der Waals surface area (Å²) in [6.45, 7) is 5.61. The van der Waals surface area contributed by atoms with Gasteiger partial charge < -0.3 is 29.5 Å². The largest absolute Gasteiger partial charge is 0.461 e. The number of rotatable bonds is 8. The van der Waals surface area contributed by atoms with Crippen LogP contribution in [0.2, 0.25) is 5.02 Å². The van der Waals surface area contributed by atoms with Crippen molar-refractivity contribution in [1.29, 1.82) is 0 Å². The number of carbonyl (C=O) groups is 1. The molecule has 8 rings (SSSR count). The molecule has 1 aromatic heterocycles. The van der Waals surface area contributed by atoms with Crippen LogP contribution in [0.15, 0.2) is 18.2 Å². The van der Waals surface area contributed by atoms with E-state index < -0.39 is 0 Å². The molecule has 6 heterocycles. The van der Waals surface area contributed by atoms with Gasteiger partial charge in [-0.2, -0.15) is 9.97 Å². The number of aromatic nitrogens is 2. The van der Waals surface area contributed by atoms with E-state index in [4.69, 9.17) is 31.0 Å². The number of nitrogens with one attached hydrogen (secondary N) is 1. The Hall–Kier alpha value is -2.82. The summed E-state index contributed by atoms with van der Waals surface area (Å²) in [4.78, 5) is 31.4. The lowest BCUT2D eigenvalue weighted by molar-refractivity contribution is 0.0483. The molecular formula is C34H46ClN7O3. The summed E-state index contributed by atoms with van der Waals surface area (Å²) >= 11 is 6.76. The van der Waals surface area contributed by atoms with E-state index in [0.29, 0.717) is 37.2 Å². The number of fused-ring (bicyclic) bond motifs is 4. The zero-order valence-corrected chi connectivity index (χ0v) is 27.4. The van der Waals surface area contributed by atoms with Gasteiger partial charge in [-0.15, -0.1) is 0 Å². The molecule has 1 N–H and O–H groups in total. The molecular weight excluding hydrogens is 590 g/mol. The van der Waals surface area contributed by atoms with Crippen LogP contribution in [0.25, 0.3) is 0 Å². The minimum Gasteiger partial charge on any atom is -0.461 e. The average Bonchev–Trinajstić information content (AvgIpc) is 3.58. The van der Waals surface area contributed by atoms with Crippen molar-refractivity contribution in [2.75, 3.05) is 63.3 Å². The molecule has 11 heteroatoms. The van der Waals surface area contributed by atoms with E-state index in [1.807, 2.05) is 6.07 Å². The maximum absolute atomic E-state index is 12.1. The van der Waals surface area contributed by atoms with Crippen molar-refractivity contribution in [3.8, 4) is 6.01 Å². The Morgan fingerprint density at radius 3 is 2.67 bits per heavy atom. The third-order valence-electron chi connectivity index (χ3n) is 11.2. The summed E-state index contributed by atoms with van der Waals surface area (Å²) in [6, 6.07) is 8.12. The molecule has 2 aromatic rings. The molecule has 1 saturated carbocycles. The second kappa shape index (κ2) is 11.8. The molecule has 5 aliphatic heterocycles. The SMILES string of the molecule is CN(C)C(=O)OC[C@H]1CCC2(COc3nc4c(c(N5CC6CCC(C5)N6)n3)CCN(c3cccc(Cl)c3C3CC3)C4)CCCN12. The molecule has 2 bridgehead atoms. The lowest BCUT2D eigenvalue weighted by Crippen LogP contribution is -2.52. The fourth-order valence-electron chi connectivity index (χ4n) is 8.75. The summed E-state index contributed by atoms with van der Waals surface area (Å²) < 4.78 is 12.3. The van der Waals surface area contributed by atoms with Crippen molar-refractivity contribution in [3.05, 3.63) is 40.0 Å². The van der Waals surface area contributed by atoms with Crippen molar-refractivity contribution in [2.45, 2.75) is 93.9 Å². The summed E-state index contributed by atoms with van der Waals surface area (Å²) in [7, 11) is 3.45. The third-order valence-corrected chi connectivity index (χ3v) is 11.5. The van der Waals surface area contributed by atoms with Crippen LogP contribution >= 0.6 is 11.6 Å². The fraction of sp³-hybridized carbons (Fsp3) is 0.676. The topological polar surface area (TPSA) is 86.3 Å². The molecule has 6 aliphatic rings. The predicted molar refractivity (Wildman–Crippen MR) is 175 cm³/mol. The molecule has 4 saturated heterocycles. The smallest absolute Gasteiger partial charge is 0.409 e. The Labute approximate surface area is 271 Å². The molecule has 45 heavy (non-hydrogen) atoms. The highest BCUT2D eigenvalue weighted by atomic mass is 35.5. The molecule has 0 spiro atoms. The highest BCUT2D eigenvalue weighted by Gasteiger charge is 2.50. The molecule has 242 valence electrons. The summed E-state index contributed by atoms with van der Waals surface area (Å²) in [6.07, 6.45) is 9.76. The summed E-state index contributed by atoms with van der Waals surface area (Å²) in [5.41, 5.74) is 4.86. The number of piperazine rings is 1. The van der Waals surface area contributed by atoms with Gasteiger partial charge in [-0.1, -0.05) is 17.7 Å². The lowest BCUT2D eigenvalue weighted by atomic mass is 9.95. The van der Waals surface area contributed by atoms with Crippen LogP contribution < -0.4 is 19.9 Å². The van der Waals surface area contributed by atoms with Gasteiger partial charge in [0.25, 0.3) is 0 Å². The quantitative estimate of drug-likeness (QED) is 0.448. The minimum absolute atomic E-state index is 0.0608. The molecule has 10 nitrogen and oxygen atoms in total. The first-order chi connectivity index (χ1) is 21.9. The number of nitrogens with zero attached hydrogens (tertiary/aromatic N) is 6. The highest BCUT2D eigenvalue weighted by molar-refractivity contribution is 6.31. The first-order valence-corrected chi connectivity index (χ1v) is 17.4. The van der Waals surface area contributed by atoms with Gasteiger partial charge in [-0.25, -0.2) is 4.79 Å². The van der Waals surface area contributed by atoms with E-state index in [0.717, 1.165) is 81.4 Å². The van der Waals surface area contributed by atoms with Crippen LogP contribution in [0.1, 0.15) is 74.1 Å². The van der Waals surface area contributed by atoms with E-state index in [9.17, 15) is 4.79 Å². The molecule has 0 radical (unpaired) electrons. The first kappa shape index (κ1) is 29.6. The van der Waals surface area contributed by atoms with Crippen LogP contribution in [0.4, 0.5) is 16.3 Å². The highest BCUT2D eigenvalue weighted by Crippen LogP contribution is 2.48. The second-order valence-electron chi connectivity index (χ2n) is 14.4. The van der Waals surface area contributed by atoms with Gasteiger partial charge in [0.2, 0.25) is 0 Å². The maximum atomic E-state index is 12.1. The van der Waals surface area contributed by atoms with Gasteiger partial charge in [0.05, 0.1) is 17.8 Å². The van der Waals surface area contributed by atoms with E-state index in [1.165, 1.54) is 47.4 Å². The monoisotopic (exact) mass is 635 g/mol. The van der Waals surface area contributed by atoms with Gasteiger partial charge in [0.1, 0.15) is 19.0 Å². The third kappa shape index (κ3) is 5.61. The Morgan fingerprint density at radius 2 is 1.89 bits per heavy atom. The molecule has 1 aliphatic carbocycles. The zero-order chi connectivity index (χ0) is 30.7. The van der Waals surface area contributed by atoms with Crippen molar-refractivity contribution in [1.82, 2.24) is 25.1 Å². The van der Waals surface area contributed by atoms with E-state index in [-0.39, 0.29) is 17.7 Å². The number of anilines is 2. The number of hydrogen-bond donors (Lipinski definition) is 1. The molecule has 4 atom stereocenters. The molecule has 1 aromatic carbocycles. The van der Waals surface area contributed by atoms with Crippen LogP contribution in [-0.2, 0) is 17.7 Å². The Morgan fingerprint density at radius 1 is 1.07 bits per heavy atom. The molecule has 1 amide bonds. The van der Waals surface area contributed by atoms with E-state index >= 15 is 0 Å². The Kier molecular flexibility index (Phi) is 7.73. The summed E-state index contributed by atoms with van der Waals surface area (Å²) in [5.74, 6) is 1.64. The number of amides is 1. The van der Waals surface area contributed by atoms with Crippen LogP contribution in [-0.4, -0.2) is 103 Å². The average molecular weight is 636 g/mol. The van der Waals surface area contributed by atoms with E-state index in [1.54, 1.807) is 14.1 Å². The van der Waals surface area contributed by atoms with Gasteiger partial charge >= 0.3 is 12.1 Å². The Bertz CT molecular complexity index is 1440. The van der Waals surface area contributed by atoms with E-state index in [2.05, 4.69) is 32.1 Å². The maximum Gasteiger partial charge on any atom is 0.409 e. The minimum atomic E-state index is -0.282. The van der Waals surface area contributed by atoms with Crippen molar-refractivity contribution >= 4 is 29.2 Å². The number of hydrogen-bond acceptors (Lipinski definition) is 9. The van der Waals surface area contributed by atoms with Crippen LogP contribution in [0, 0.1) is 0 Å². The Balaban J connectivity index is 1.06. The second-order valence-corrected chi connectivity index (χ2v) is 14.8. The van der Waals surface area contributed by atoms with Crippen molar-refractivity contribution in [2.24, 2.45) is 0 Å². The van der Waals surface area contributed by atoms with Gasteiger partial charge in [0, 0.05) is 68.1 Å². The molecule has 3 unspecified atom stereocenters. The van der Waals surface area contributed by atoms with Crippen LogP contribution in [0.3, 0.4) is 0 Å². The molecule has 5 fully saturated rings. The summed E-state index contributed by atoms with van der Waals surface area (Å²) in [5, 5.41) is 4.66.